The third kappa shape index (κ3) is 5.01. The van der Waals surface area contributed by atoms with Gasteiger partial charge < -0.3 is 0 Å². The van der Waals surface area contributed by atoms with Gasteiger partial charge in [-0.05, 0) is 0 Å². The molecule has 1 aromatic carbocycles. The fraction of sp³-hybridized carbons (Fsp3) is 0.400. The van der Waals surface area contributed by atoms with Crippen LogP contribution in [0.1, 0.15) is 5.56 Å². The summed E-state index contributed by atoms with van der Waals surface area (Å²) in [6.45, 7) is 3.51. The summed E-state index contributed by atoms with van der Waals surface area (Å²) in [4.78, 5) is 17.9. The fourth-order valence-electron chi connectivity index (χ4n) is 1.51. The van der Waals surface area contributed by atoms with Gasteiger partial charge in [-0.2, -0.15) is 0 Å². The molecular weight excluding hydrogens is 230 g/mol. The normalized spacial score (nSPS) is 14.9. The molecular formula is C10H18O3P2. The van der Waals surface area contributed by atoms with Gasteiger partial charge in [0.2, 0.25) is 0 Å². The van der Waals surface area contributed by atoms with Crippen LogP contribution in [-0.4, -0.2) is 29.8 Å². The number of hydrogen-bond donors (Lipinski definition) is 2. The monoisotopic (exact) mass is 248 g/mol. The maximum absolute atomic E-state index is 8.96. The van der Waals surface area contributed by atoms with E-state index >= 15 is 0 Å². The number of rotatable bonds is 4. The second-order valence-corrected chi connectivity index (χ2v) is 12.4. The van der Waals surface area contributed by atoms with Crippen LogP contribution in [-0.2, 0) is 10.5 Å². The molecule has 0 aliphatic carbocycles. The molecule has 0 radical (unpaired) electrons. The Hall–Kier alpha value is -0.0400. The summed E-state index contributed by atoms with van der Waals surface area (Å²) in [7, 11) is -2.28. The quantitative estimate of drug-likeness (QED) is 0.805. The Balaban J connectivity index is 2.79. The second-order valence-electron chi connectivity index (χ2n) is 4.95. The number of hydrogen-bond acceptors (Lipinski definition) is 3. The first kappa shape index (κ1) is 13.0. The molecule has 0 aliphatic rings. The van der Waals surface area contributed by atoms with E-state index in [-0.39, 0.29) is 0 Å². The molecule has 15 heavy (non-hydrogen) atoms. The van der Waals surface area contributed by atoms with E-state index in [1.807, 2.05) is 50.3 Å². The van der Waals surface area contributed by atoms with Gasteiger partial charge >= 0.3 is 91.6 Å². The van der Waals surface area contributed by atoms with Crippen molar-refractivity contribution in [3.63, 3.8) is 0 Å². The van der Waals surface area contributed by atoms with Gasteiger partial charge in [0.25, 0.3) is 0 Å². The molecule has 0 saturated heterocycles. The summed E-state index contributed by atoms with van der Waals surface area (Å²) in [5.74, 6) is 0. The first-order valence-electron chi connectivity index (χ1n) is 4.69. The molecule has 0 bridgehead atoms. The molecule has 3 nitrogen and oxygen atoms in total. The molecule has 0 aromatic heterocycles. The van der Waals surface area contributed by atoms with Crippen LogP contribution in [0.15, 0.2) is 30.3 Å². The van der Waals surface area contributed by atoms with Gasteiger partial charge in [0.15, 0.2) is 0 Å². The third-order valence-electron chi connectivity index (χ3n) is 1.94. The zero-order valence-electron chi connectivity index (χ0n) is 9.29. The van der Waals surface area contributed by atoms with Gasteiger partial charge in [-0.15, -0.1) is 0 Å². The average molecular weight is 248 g/mol. The minimum atomic E-state index is -2.45. The predicted molar refractivity (Wildman–Crippen MR) is 67.3 cm³/mol. The van der Waals surface area contributed by atoms with Crippen LogP contribution in [0, 0.1) is 0 Å². The van der Waals surface area contributed by atoms with Crippen LogP contribution in [0.5, 0.6) is 0 Å². The van der Waals surface area contributed by atoms with E-state index in [0.717, 1.165) is 6.16 Å². The summed E-state index contributed by atoms with van der Waals surface area (Å²) < 4.78 is 5.34. The number of benzene rings is 1. The van der Waals surface area contributed by atoms with E-state index in [1.54, 1.807) is 0 Å². The molecule has 1 aromatic rings. The third-order valence-corrected chi connectivity index (χ3v) is 6.39. The zero-order chi connectivity index (χ0) is 11.6. The van der Waals surface area contributed by atoms with Crippen LogP contribution in [0.4, 0.5) is 0 Å². The van der Waals surface area contributed by atoms with Gasteiger partial charge in [0.1, 0.15) is 0 Å². The van der Waals surface area contributed by atoms with E-state index in [4.69, 9.17) is 14.1 Å². The molecule has 0 atom stereocenters. The van der Waals surface area contributed by atoms with Crippen LogP contribution < -0.4 is 0 Å². The second kappa shape index (κ2) is 4.45. The Kier molecular flexibility index (Phi) is 3.86. The van der Waals surface area contributed by atoms with Crippen molar-refractivity contribution in [1.29, 1.82) is 0 Å². The van der Waals surface area contributed by atoms with Gasteiger partial charge in [-0.1, -0.05) is 0 Å². The Morgan fingerprint density at radius 2 is 1.67 bits per heavy atom. The Bertz CT molecular complexity index is 316. The van der Waals surface area contributed by atoms with E-state index in [2.05, 4.69) is 0 Å². The zero-order valence-corrected chi connectivity index (χ0v) is 11.1. The Morgan fingerprint density at radius 1 is 1.13 bits per heavy atom. The van der Waals surface area contributed by atoms with Crippen molar-refractivity contribution in [1.82, 2.24) is 0 Å². The van der Waals surface area contributed by atoms with Gasteiger partial charge in [-0.25, -0.2) is 0 Å². The molecule has 2 N–H and O–H groups in total. The fourth-order valence-corrected chi connectivity index (χ4v) is 5.36. The summed E-state index contributed by atoms with van der Waals surface area (Å²) in [5, 5.41) is 0. The van der Waals surface area contributed by atoms with Crippen LogP contribution >= 0.6 is 15.4 Å². The minimum absolute atomic E-state index is 0.756. The standard InChI is InChI=1S/C10H18O3P2/c1-15(2,3,13-14(11)12)9-10-7-5-4-6-8-10/h4-8,11-12H,9H2,1-3H3. The van der Waals surface area contributed by atoms with E-state index in [0.29, 0.717) is 0 Å². The van der Waals surface area contributed by atoms with E-state index < -0.39 is 15.4 Å². The molecule has 0 fully saturated rings. The summed E-state index contributed by atoms with van der Waals surface area (Å²) in [6.07, 6.45) is 0.756. The summed E-state index contributed by atoms with van der Waals surface area (Å²) >= 11 is 0. The van der Waals surface area contributed by atoms with Gasteiger partial charge in [0, 0.05) is 0 Å². The van der Waals surface area contributed by atoms with Crippen molar-refractivity contribution in [2.45, 2.75) is 6.16 Å². The SMILES string of the molecule is CP(C)(C)(Cc1ccccc1)OP(O)O. The predicted octanol–water partition coefficient (Wildman–Crippen LogP) is 2.77. The van der Waals surface area contributed by atoms with Crippen LogP contribution in [0.2, 0.25) is 0 Å². The van der Waals surface area contributed by atoms with E-state index in [1.165, 1.54) is 5.56 Å². The average Bonchev–Trinajstić information content (AvgIpc) is 2.00. The topological polar surface area (TPSA) is 49.7 Å². The van der Waals surface area contributed by atoms with Crippen molar-refractivity contribution < 1.29 is 14.1 Å². The molecule has 0 saturated carbocycles. The molecule has 1 rings (SSSR count). The Morgan fingerprint density at radius 3 is 2.13 bits per heavy atom. The van der Waals surface area contributed by atoms with Crippen molar-refractivity contribution >= 4 is 15.4 Å². The maximum atomic E-state index is 8.96. The molecule has 5 heteroatoms. The molecule has 0 aliphatic heterocycles. The van der Waals surface area contributed by atoms with Crippen molar-refractivity contribution in [2.75, 3.05) is 20.0 Å². The molecule has 86 valence electrons. The van der Waals surface area contributed by atoms with Gasteiger partial charge in [0.05, 0.1) is 0 Å². The molecule has 0 unspecified atom stereocenters. The van der Waals surface area contributed by atoms with Crippen LogP contribution in [0.3, 0.4) is 0 Å². The Labute approximate surface area is 92.1 Å². The molecule has 0 spiro atoms. The van der Waals surface area contributed by atoms with E-state index in [9.17, 15) is 0 Å². The first-order valence-corrected chi connectivity index (χ1v) is 9.53. The van der Waals surface area contributed by atoms with Crippen molar-refractivity contribution in [3.8, 4) is 0 Å². The van der Waals surface area contributed by atoms with Crippen molar-refractivity contribution in [2.24, 2.45) is 0 Å². The summed E-state index contributed by atoms with van der Waals surface area (Å²) in [5.41, 5.74) is 1.17. The molecule has 0 heterocycles. The molecule has 0 amide bonds. The van der Waals surface area contributed by atoms with Crippen molar-refractivity contribution in [3.05, 3.63) is 35.9 Å². The van der Waals surface area contributed by atoms with Gasteiger partial charge in [-0.3, -0.25) is 0 Å². The first-order chi connectivity index (χ1) is 6.76. The van der Waals surface area contributed by atoms with Crippen LogP contribution in [0.25, 0.3) is 0 Å². The summed E-state index contributed by atoms with van der Waals surface area (Å²) in [6, 6.07) is 9.97.